The van der Waals surface area contributed by atoms with Gasteiger partial charge in [0.15, 0.2) is 0 Å². The van der Waals surface area contributed by atoms with E-state index in [0.717, 1.165) is 30.0 Å². The van der Waals surface area contributed by atoms with E-state index >= 15 is 0 Å². The van der Waals surface area contributed by atoms with E-state index in [-0.39, 0.29) is 43.6 Å². The SMILES string of the molecule is CCC1(S(=O)(=O)NC(=O)[C@@]23C[C@H]2/C=C\CC[C@@H](C)C[C@@H](C)CC(=O)N2C[C@H](Oc4ncc(OC)c5ccccc45)C[C@H]2C(=O)N3)CC1. The predicted molar refractivity (Wildman–Crippen MR) is 177 cm³/mol. The van der Waals surface area contributed by atoms with Crippen LogP contribution in [-0.4, -0.2) is 72.1 Å². The van der Waals surface area contributed by atoms with Gasteiger partial charge in [-0.25, -0.2) is 13.4 Å². The zero-order chi connectivity index (χ0) is 33.6. The van der Waals surface area contributed by atoms with Crippen LogP contribution < -0.4 is 19.5 Å². The third-order valence-electron chi connectivity index (χ3n) is 10.6. The Morgan fingerprint density at radius 3 is 2.57 bits per heavy atom. The summed E-state index contributed by atoms with van der Waals surface area (Å²) in [5, 5.41) is 4.52. The van der Waals surface area contributed by atoms with Crippen molar-refractivity contribution in [2.24, 2.45) is 17.8 Å². The molecule has 2 aliphatic carbocycles. The van der Waals surface area contributed by atoms with E-state index in [1.54, 1.807) is 25.1 Å². The molecule has 0 unspecified atom stereocenters. The second-order valence-corrected chi connectivity index (χ2v) is 16.2. The van der Waals surface area contributed by atoms with Crippen LogP contribution in [0.15, 0.2) is 42.6 Å². The van der Waals surface area contributed by atoms with Gasteiger partial charge >= 0.3 is 0 Å². The largest absolute Gasteiger partial charge is 0.494 e. The van der Waals surface area contributed by atoms with Crippen molar-refractivity contribution in [3.63, 3.8) is 0 Å². The van der Waals surface area contributed by atoms with Crippen LogP contribution in [0.25, 0.3) is 10.8 Å². The number of aromatic nitrogens is 1. The number of amides is 3. The highest BCUT2D eigenvalue weighted by Crippen LogP contribution is 2.49. The quantitative estimate of drug-likeness (QED) is 0.418. The number of ether oxygens (including phenoxy) is 2. The van der Waals surface area contributed by atoms with Crippen LogP contribution in [0.2, 0.25) is 0 Å². The highest BCUT2D eigenvalue weighted by molar-refractivity contribution is 7.91. The van der Waals surface area contributed by atoms with Crippen molar-refractivity contribution in [2.75, 3.05) is 13.7 Å². The van der Waals surface area contributed by atoms with Gasteiger partial charge in [0.2, 0.25) is 27.7 Å². The topological polar surface area (TPSA) is 144 Å². The molecule has 3 fully saturated rings. The number of hydrogen-bond donors (Lipinski definition) is 2. The number of carbonyl (C=O) groups excluding carboxylic acids is 3. The standard InChI is InChI=1S/C35H46N4O7S/c1-5-34(14-15-34)47(43,44)38-33(42)35-19-24(35)11-7-6-10-22(2)16-23(3)17-30(40)39-21-25(18-28(39)31(41)37-35)46-32-27-13-9-8-12-26(27)29(45-4)20-36-32/h7-9,11-13,20,22-25,28H,5-6,10,14-19,21H2,1-4H3,(H,37,41)(H,38,42)/b11-7-/t22-,23-,24-,25-,28+,35-/m1/s1. The minimum Gasteiger partial charge on any atom is -0.494 e. The molecule has 2 aromatic rings. The first kappa shape index (κ1) is 33.2. The average Bonchev–Trinajstić information content (AvgIpc) is 3.94. The Hall–Kier alpha value is -3.67. The van der Waals surface area contributed by atoms with E-state index in [4.69, 9.17) is 9.47 Å². The van der Waals surface area contributed by atoms with Crippen LogP contribution in [0.3, 0.4) is 0 Å². The van der Waals surface area contributed by atoms with E-state index in [2.05, 4.69) is 28.9 Å². The molecule has 3 amide bonds. The molecule has 4 aliphatic rings. The van der Waals surface area contributed by atoms with Gasteiger partial charge in [0, 0.05) is 29.5 Å². The summed E-state index contributed by atoms with van der Waals surface area (Å²) in [5.74, 6) is -0.233. The molecule has 0 radical (unpaired) electrons. The second-order valence-electron chi connectivity index (χ2n) is 14.1. The lowest BCUT2D eigenvalue weighted by Crippen LogP contribution is -2.57. The normalized spacial score (nSPS) is 31.4. The number of pyridine rings is 1. The van der Waals surface area contributed by atoms with Crippen molar-refractivity contribution in [1.82, 2.24) is 19.9 Å². The molecule has 11 nitrogen and oxygen atoms in total. The van der Waals surface area contributed by atoms with Crippen LogP contribution in [0.1, 0.15) is 78.6 Å². The summed E-state index contributed by atoms with van der Waals surface area (Å²) in [6.45, 7) is 6.22. The van der Waals surface area contributed by atoms with Gasteiger partial charge in [-0.1, -0.05) is 51.1 Å². The molecule has 1 aromatic carbocycles. The van der Waals surface area contributed by atoms with Crippen LogP contribution in [-0.2, 0) is 24.4 Å². The molecule has 2 N–H and O–H groups in total. The number of nitrogens with zero attached hydrogens (tertiary/aromatic N) is 2. The number of nitrogens with one attached hydrogen (secondary N) is 2. The number of rotatable bonds is 7. The average molecular weight is 667 g/mol. The number of fused-ring (bicyclic) bond motifs is 3. The maximum atomic E-state index is 14.1. The Bertz CT molecular complexity index is 1690. The van der Waals surface area contributed by atoms with Gasteiger partial charge in [-0.3, -0.25) is 19.1 Å². The number of carbonyl (C=O) groups is 3. The van der Waals surface area contributed by atoms with Crippen molar-refractivity contribution in [3.8, 4) is 11.6 Å². The van der Waals surface area contributed by atoms with Crippen molar-refractivity contribution < 1.29 is 32.3 Å². The van der Waals surface area contributed by atoms with Crippen molar-refractivity contribution >= 4 is 38.5 Å². The summed E-state index contributed by atoms with van der Waals surface area (Å²) in [6.07, 6.45) is 9.78. The van der Waals surface area contributed by atoms with Crippen LogP contribution in [0, 0.1) is 17.8 Å². The molecule has 6 rings (SSSR count). The van der Waals surface area contributed by atoms with Crippen LogP contribution in [0.5, 0.6) is 11.6 Å². The molecule has 0 spiro atoms. The lowest BCUT2D eigenvalue weighted by atomic mass is 9.91. The molecule has 0 bridgehead atoms. The van der Waals surface area contributed by atoms with E-state index in [9.17, 15) is 22.8 Å². The number of hydrogen-bond acceptors (Lipinski definition) is 8. The van der Waals surface area contributed by atoms with Crippen molar-refractivity contribution in [2.45, 2.75) is 101 Å². The molecule has 6 atom stereocenters. The van der Waals surface area contributed by atoms with E-state index < -0.39 is 44.3 Å². The minimum absolute atomic E-state index is 0.117. The molecular weight excluding hydrogens is 620 g/mol. The molecule has 1 saturated heterocycles. The minimum atomic E-state index is -3.92. The number of benzene rings is 1. The highest BCUT2D eigenvalue weighted by atomic mass is 32.2. The zero-order valence-corrected chi connectivity index (χ0v) is 28.5. The summed E-state index contributed by atoms with van der Waals surface area (Å²) in [5.41, 5.74) is -1.41. The Balaban J connectivity index is 1.28. The first-order valence-corrected chi connectivity index (χ1v) is 18.3. The fourth-order valence-corrected chi connectivity index (χ4v) is 9.13. The van der Waals surface area contributed by atoms with Gasteiger partial charge in [0.25, 0.3) is 5.91 Å². The van der Waals surface area contributed by atoms with Gasteiger partial charge in [0.05, 0.1) is 24.6 Å². The first-order valence-electron chi connectivity index (χ1n) is 16.8. The predicted octanol–water partition coefficient (Wildman–Crippen LogP) is 4.26. The monoisotopic (exact) mass is 666 g/mol. The Morgan fingerprint density at radius 1 is 1.13 bits per heavy atom. The molecule has 12 heteroatoms. The zero-order valence-electron chi connectivity index (χ0n) is 27.7. The fourth-order valence-electron chi connectivity index (χ4n) is 7.46. The molecule has 254 valence electrons. The van der Waals surface area contributed by atoms with Gasteiger partial charge in [-0.05, 0) is 62.8 Å². The third-order valence-corrected chi connectivity index (χ3v) is 12.9. The summed E-state index contributed by atoms with van der Waals surface area (Å²) < 4.78 is 39.7. The maximum Gasteiger partial charge on any atom is 0.259 e. The first-order chi connectivity index (χ1) is 22.4. The Labute approximate surface area is 276 Å². The van der Waals surface area contributed by atoms with E-state index in [0.29, 0.717) is 36.8 Å². The molecule has 3 heterocycles. The van der Waals surface area contributed by atoms with Crippen molar-refractivity contribution in [3.05, 3.63) is 42.6 Å². The molecule has 1 aromatic heterocycles. The number of allylic oxidation sites excluding steroid dienone is 1. The molecule has 47 heavy (non-hydrogen) atoms. The molecular formula is C35H46N4O7S. The highest BCUT2D eigenvalue weighted by Gasteiger charge is 2.63. The van der Waals surface area contributed by atoms with Gasteiger partial charge in [-0.2, -0.15) is 0 Å². The summed E-state index contributed by atoms with van der Waals surface area (Å²) in [6, 6.07) is 6.68. The summed E-state index contributed by atoms with van der Waals surface area (Å²) in [4.78, 5) is 47.8. The maximum absolute atomic E-state index is 14.1. The van der Waals surface area contributed by atoms with Gasteiger partial charge in [-0.15, -0.1) is 0 Å². The van der Waals surface area contributed by atoms with E-state index in [1.807, 2.05) is 36.4 Å². The van der Waals surface area contributed by atoms with Crippen LogP contribution in [0.4, 0.5) is 0 Å². The lowest BCUT2D eigenvalue weighted by Gasteiger charge is -2.28. The van der Waals surface area contributed by atoms with Crippen molar-refractivity contribution in [1.29, 1.82) is 0 Å². The lowest BCUT2D eigenvalue weighted by molar-refractivity contribution is -0.140. The molecule has 2 saturated carbocycles. The second kappa shape index (κ2) is 12.7. The Morgan fingerprint density at radius 2 is 1.87 bits per heavy atom. The van der Waals surface area contributed by atoms with Gasteiger partial charge < -0.3 is 19.7 Å². The third kappa shape index (κ3) is 6.45. The molecule has 2 aliphatic heterocycles. The number of methoxy groups -OCH3 is 1. The summed E-state index contributed by atoms with van der Waals surface area (Å²) in [7, 11) is -2.35. The van der Waals surface area contributed by atoms with E-state index in [1.165, 1.54) is 0 Å². The fraction of sp³-hybridized carbons (Fsp3) is 0.600. The number of sulfonamides is 1. The summed E-state index contributed by atoms with van der Waals surface area (Å²) >= 11 is 0. The van der Waals surface area contributed by atoms with Crippen LogP contribution >= 0.6 is 0 Å². The Kier molecular flexibility index (Phi) is 9.01. The van der Waals surface area contributed by atoms with Gasteiger partial charge in [0.1, 0.15) is 23.4 Å². The smallest absolute Gasteiger partial charge is 0.259 e.